The number of thiocarbonyl (C=S) groups is 1. The molecule has 1 saturated heterocycles. The minimum atomic E-state index is 0.578. The van der Waals surface area contributed by atoms with Crippen LogP contribution in [0, 0.1) is 0 Å². The number of likely N-dealkylation sites (tertiary alicyclic amines) is 1. The third kappa shape index (κ3) is 2.08. The van der Waals surface area contributed by atoms with E-state index in [1.165, 1.54) is 12.8 Å². The van der Waals surface area contributed by atoms with Crippen LogP contribution in [-0.4, -0.2) is 42.2 Å². The number of likely N-dealkylation sites (N-methyl/N-ethyl adjacent to an activating group) is 1. The van der Waals surface area contributed by atoms with Gasteiger partial charge in [0.25, 0.3) is 0 Å². The maximum Gasteiger partial charge on any atom is 0.166 e. The van der Waals surface area contributed by atoms with E-state index >= 15 is 0 Å². The van der Waals surface area contributed by atoms with Gasteiger partial charge in [0, 0.05) is 19.1 Å². The summed E-state index contributed by atoms with van der Waals surface area (Å²) in [6.45, 7) is 2.24. The zero-order chi connectivity index (χ0) is 8.55. The maximum atomic E-state index is 5.14. The molecular weight excluding hydrogens is 170 g/mol. The average molecular weight is 185 g/mol. The second kappa shape index (κ2) is 3.18. The number of hydrogen-bond acceptors (Lipinski definition) is 2. The standard InChI is InChI=1S/C8H15N3S/c1-11-4-7(5-11)10-8(12)9-6-2-3-6/h6-7H,2-5H2,1H3,(H2,9,10,12). The molecule has 1 saturated carbocycles. The van der Waals surface area contributed by atoms with Gasteiger partial charge in [-0.3, -0.25) is 0 Å². The van der Waals surface area contributed by atoms with Crippen LogP contribution in [0.15, 0.2) is 0 Å². The number of hydrogen-bond donors (Lipinski definition) is 2. The molecule has 1 aliphatic heterocycles. The highest BCUT2D eigenvalue weighted by Gasteiger charge is 2.26. The maximum absolute atomic E-state index is 5.14. The van der Waals surface area contributed by atoms with Gasteiger partial charge in [-0.05, 0) is 32.1 Å². The smallest absolute Gasteiger partial charge is 0.166 e. The summed E-state index contributed by atoms with van der Waals surface area (Å²) in [5, 5.41) is 7.41. The van der Waals surface area contributed by atoms with Gasteiger partial charge in [0.2, 0.25) is 0 Å². The molecule has 1 heterocycles. The van der Waals surface area contributed by atoms with Crippen molar-refractivity contribution >= 4 is 17.3 Å². The Balaban J connectivity index is 1.62. The van der Waals surface area contributed by atoms with Crippen LogP contribution in [0.25, 0.3) is 0 Å². The fourth-order valence-corrected chi connectivity index (χ4v) is 1.76. The molecule has 3 nitrogen and oxygen atoms in total. The van der Waals surface area contributed by atoms with E-state index in [1.54, 1.807) is 0 Å². The average Bonchev–Trinajstić information content (AvgIpc) is 2.68. The van der Waals surface area contributed by atoms with Gasteiger partial charge in [0.05, 0.1) is 6.04 Å². The molecule has 0 unspecified atom stereocenters. The molecule has 2 fully saturated rings. The summed E-state index contributed by atoms with van der Waals surface area (Å²) in [5.74, 6) is 0. The van der Waals surface area contributed by atoms with Crippen molar-refractivity contribution in [2.75, 3.05) is 20.1 Å². The molecular formula is C8H15N3S. The minimum absolute atomic E-state index is 0.578. The van der Waals surface area contributed by atoms with Gasteiger partial charge in [-0.25, -0.2) is 0 Å². The number of nitrogens with zero attached hydrogens (tertiary/aromatic N) is 1. The van der Waals surface area contributed by atoms with Crippen LogP contribution in [0.2, 0.25) is 0 Å². The summed E-state index contributed by atoms with van der Waals surface area (Å²) >= 11 is 5.14. The Morgan fingerprint density at radius 1 is 1.25 bits per heavy atom. The molecule has 0 radical (unpaired) electrons. The summed E-state index contributed by atoms with van der Waals surface area (Å²) in [7, 11) is 2.12. The minimum Gasteiger partial charge on any atom is -0.360 e. The quantitative estimate of drug-likeness (QED) is 0.589. The first-order valence-corrected chi connectivity index (χ1v) is 4.90. The molecule has 1 aliphatic carbocycles. The van der Waals surface area contributed by atoms with Crippen molar-refractivity contribution in [1.29, 1.82) is 0 Å². The van der Waals surface area contributed by atoms with E-state index in [2.05, 4.69) is 22.6 Å². The van der Waals surface area contributed by atoms with Crippen LogP contribution >= 0.6 is 12.2 Å². The second-order valence-electron chi connectivity index (χ2n) is 3.81. The fourth-order valence-electron chi connectivity index (χ4n) is 1.43. The Morgan fingerprint density at radius 3 is 2.33 bits per heavy atom. The molecule has 0 atom stereocenters. The van der Waals surface area contributed by atoms with E-state index in [-0.39, 0.29) is 0 Å². The molecule has 2 N–H and O–H groups in total. The Kier molecular flexibility index (Phi) is 2.19. The van der Waals surface area contributed by atoms with Crippen molar-refractivity contribution in [1.82, 2.24) is 15.5 Å². The van der Waals surface area contributed by atoms with E-state index in [9.17, 15) is 0 Å². The molecule has 0 aromatic carbocycles. The molecule has 2 aliphatic rings. The van der Waals surface area contributed by atoms with E-state index in [0.29, 0.717) is 12.1 Å². The van der Waals surface area contributed by atoms with Gasteiger partial charge in [-0.1, -0.05) is 0 Å². The molecule has 0 aromatic heterocycles. The molecule has 0 amide bonds. The van der Waals surface area contributed by atoms with Crippen molar-refractivity contribution in [3.63, 3.8) is 0 Å². The summed E-state index contributed by atoms with van der Waals surface area (Å²) in [5.41, 5.74) is 0. The van der Waals surface area contributed by atoms with Crippen molar-refractivity contribution in [3.8, 4) is 0 Å². The molecule has 0 bridgehead atoms. The summed E-state index contributed by atoms with van der Waals surface area (Å²) < 4.78 is 0. The van der Waals surface area contributed by atoms with Crippen molar-refractivity contribution in [3.05, 3.63) is 0 Å². The topological polar surface area (TPSA) is 27.3 Å². The van der Waals surface area contributed by atoms with Crippen LogP contribution in [0.4, 0.5) is 0 Å². The fraction of sp³-hybridized carbons (Fsp3) is 0.875. The zero-order valence-corrected chi connectivity index (χ0v) is 8.16. The van der Waals surface area contributed by atoms with Crippen LogP contribution in [0.3, 0.4) is 0 Å². The lowest BCUT2D eigenvalue weighted by Crippen LogP contribution is -2.59. The van der Waals surface area contributed by atoms with Crippen molar-refractivity contribution < 1.29 is 0 Å². The van der Waals surface area contributed by atoms with Gasteiger partial charge in [-0.2, -0.15) is 0 Å². The van der Waals surface area contributed by atoms with Crippen molar-refractivity contribution in [2.24, 2.45) is 0 Å². The summed E-state index contributed by atoms with van der Waals surface area (Å²) in [6.07, 6.45) is 2.57. The third-order valence-electron chi connectivity index (χ3n) is 2.31. The van der Waals surface area contributed by atoms with Crippen molar-refractivity contribution in [2.45, 2.75) is 24.9 Å². The van der Waals surface area contributed by atoms with E-state index in [0.717, 1.165) is 18.2 Å². The van der Waals surface area contributed by atoms with Crippen LogP contribution in [0.5, 0.6) is 0 Å². The van der Waals surface area contributed by atoms with E-state index in [4.69, 9.17) is 12.2 Å². The third-order valence-corrected chi connectivity index (χ3v) is 2.55. The number of nitrogens with one attached hydrogen (secondary N) is 2. The highest BCUT2D eigenvalue weighted by Crippen LogP contribution is 2.18. The molecule has 68 valence electrons. The lowest BCUT2D eigenvalue weighted by Gasteiger charge is -2.37. The van der Waals surface area contributed by atoms with Gasteiger partial charge in [0.1, 0.15) is 0 Å². The monoisotopic (exact) mass is 185 g/mol. The van der Waals surface area contributed by atoms with E-state index in [1.807, 2.05) is 0 Å². The first-order valence-electron chi connectivity index (χ1n) is 4.49. The van der Waals surface area contributed by atoms with Gasteiger partial charge < -0.3 is 15.5 Å². The predicted molar refractivity (Wildman–Crippen MR) is 53.2 cm³/mol. The Hall–Kier alpha value is -0.350. The first-order chi connectivity index (χ1) is 5.74. The largest absolute Gasteiger partial charge is 0.360 e. The molecule has 4 heteroatoms. The Bertz CT molecular complexity index is 185. The molecule has 12 heavy (non-hydrogen) atoms. The molecule has 0 aromatic rings. The Morgan fingerprint density at radius 2 is 1.83 bits per heavy atom. The SMILES string of the molecule is CN1CC(NC(=S)NC2CC2)C1. The lowest BCUT2D eigenvalue weighted by molar-refractivity contribution is 0.177. The normalized spacial score (nSPS) is 24.8. The predicted octanol–water partition coefficient (Wildman–Crippen LogP) is -0.0731. The highest BCUT2D eigenvalue weighted by molar-refractivity contribution is 7.80. The Labute approximate surface area is 78.5 Å². The highest BCUT2D eigenvalue weighted by atomic mass is 32.1. The number of rotatable bonds is 2. The van der Waals surface area contributed by atoms with Gasteiger partial charge in [0.15, 0.2) is 5.11 Å². The van der Waals surface area contributed by atoms with Crippen LogP contribution in [-0.2, 0) is 0 Å². The van der Waals surface area contributed by atoms with Gasteiger partial charge in [-0.15, -0.1) is 0 Å². The van der Waals surface area contributed by atoms with E-state index < -0.39 is 0 Å². The van der Waals surface area contributed by atoms with Crippen LogP contribution in [0.1, 0.15) is 12.8 Å². The summed E-state index contributed by atoms with van der Waals surface area (Å²) in [4.78, 5) is 2.28. The zero-order valence-electron chi connectivity index (χ0n) is 7.34. The van der Waals surface area contributed by atoms with Gasteiger partial charge >= 0.3 is 0 Å². The molecule has 2 rings (SSSR count). The second-order valence-corrected chi connectivity index (χ2v) is 4.22. The lowest BCUT2D eigenvalue weighted by atomic mass is 10.1. The van der Waals surface area contributed by atoms with Crippen LogP contribution < -0.4 is 10.6 Å². The summed E-state index contributed by atoms with van der Waals surface area (Å²) in [6, 6.07) is 1.25. The molecule has 0 spiro atoms. The first kappa shape index (κ1) is 8.26.